The van der Waals surface area contributed by atoms with Gasteiger partial charge in [-0.2, -0.15) is 5.10 Å². The quantitative estimate of drug-likeness (QED) is 0.771. The Bertz CT molecular complexity index is 752. The first-order valence-corrected chi connectivity index (χ1v) is 6.69. The molecule has 0 aliphatic carbocycles. The van der Waals surface area contributed by atoms with E-state index in [1.54, 1.807) is 12.1 Å². The van der Waals surface area contributed by atoms with Gasteiger partial charge in [0.2, 0.25) is 0 Å². The van der Waals surface area contributed by atoms with E-state index in [0.29, 0.717) is 11.3 Å². The molecule has 0 fully saturated rings. The van der Waals surface area contributed by atoms with Gasteiger partial charge in [0.15, 0.2) is 0 Å². The first-order valence-electron chi connectivity index (χ1n) is 6.69. The molecule has 1 heterocycles. The van der Waals surface area contributed by atoms with Crippen LogP contribution in [0.1, 0.15) is 22.8 Å². The molecule has 3 rings (SSSR count). The van der Waals surface area contributed by atoms with Crippen molar-refractivity contribution >= 4 is 0 Å². The Morgan fingerprint density at radius 2 is 1.86 bits per heavy atom. The van der Waals surface area contributed by atoms with Crippen molar-refractivity contribution in [3.63, 3.8) is 0 Å². The van der Waals surface area contributed by atoms with E-state index < -0.39 is 11.9 Å². The van der Waals surface area contributed by atoms with E-state index in [1.165, 1.54) is 12.3 Å². The normalized spacial score (nSPS) is 12.3. The minimum atomic E-state index is -1.06. The minimum Gasteiger partial charge on any atom is -0.383 e. The predicted octanol–water partition coefficient (Wildman–Crippen LogP) is 3.61. The third kappa shape index (κ3) is 2.58. The number of hydrogen-bond donors (Lipinski definition) is 2. The fourth-order valence-electron chi connectivity index (χ4n) is 2.38. The summed E-state index contributed by atoms with van der Waals surface area (Å²) in [7, 11) is 0. The van der Waals surface area contributed by atoms with Crippen LogP contribution in [-0.4, -0.2) is 15.3 Å². The molecule has 0 saturated heterocycles. The molecule has 3 nitrogen and oxygen atoms in total. The average Bonchev–Trinajstić information content (AvgIpc) is 2.99. The highest BCUT2D eigenvalue weighted by Crippen LogP contribution is 2.31. The van der Waals surface area contributed by atoms with E-state index in [0.717, 1.165) is 11.1 Å². The Kier molecular flexibility index (Phi) is 3.54. The zero-order valence-electron chi connectivity index (χ0n) is 11.5. The summed E-state index contributed by atoms with van der Waals surface area (Å²) in [5.74, 6) is -0.423. The topological polar surface area (TPSA) is 48.9 Å². The van der Waals surface area contributed by atoms with Gasteiger partial charge in [-0.15, -0.1) is 0 Å². The molecule has 0 radical (unpaired) electrons. The predicted molar refractivity (Wildman–Crippen MR) is 79.2 cm³/mol. The summed E-state index contributed by atoms with van der Waals surface area (Å²) < 4.78 is 14.0. The number of hydrogen-bond acceptors (Lipinski definition) is 2. The Balaban J connectivity index is 2.06. The summed E-state index contributed by atoms with van der Waals surface area (Å²) in [6.07, 6.45) is 0.480. The standard InChI is InChI=1S/C17H15FN2O/c1-11-7-8-15(18)13(9-11)17(21)14-10-19-20-16(14)12-5-3-2-4-6-12/h2-10,17,21H,1H3,(H,19,20). The molecule has 0 saturated carbocycles. The van der Waals surface area contributed by atoms with Crippen molar-refractivity contribution < 1.29 is 9.50 Å². The SMILES string of the molecule is Cc1ccc(F)c(C(O)c2cn[nH]c2-c2ccccc2)c1. The number of aromatic nitrogens is 2. The van der Waals surface area contributed by atoms with Gasteiger partial charge in [0.05, 0.1) is 11.9 Å². The number of nitrogens with one attached hydrogen (secondary N) is 1. The first-order chi connectivity index (χ1) is 10.2. The number of H-pyrrole nitrogens is 1. The van der Waals surface area contributed by atoms with Gasteiger partial charge in [-0.3, -0.25) is 5.10 Å². The molecule has 4 heteroatoms. The van der Waals surface area contributed by atoms with Crippen LogP contribution in [0.4, 0.5) is 4.39 Å². The molecule has 21 heavy (non-hydrogen) atoms. The second-order valence-electron chi connectivity index (χ2n) is 4.99. The smallest absolute Gasteiger partial charge is 0.129 e. The third-order valence-corrected chi connectivity index (χ3v) is 3.47. The molecule has 3 aromatic rings. The third-order valence-electron chi connectivity index (χ3n) is 3.47. The fraction of sp³-hybridized carbons (Fsp3) is 0.118. The molecule has 1 atom stereocenters. The first kappa shape index (κ1) is 13.5. The summed E-state index contributed by atoms with van der Waals surface area (Å²) in [6, 6.07) is 14.2. The van der Waals surface area contributed by atoms with Gasteiger partial charge in [0.1, 0.15) is 11.9 Å². The fourth-order valence-corrected chi connectivity index (χ4v) is 2.38. The molecule has 0 aliphatic rings. The molecule has 0 amide bonds. The zero-order chi connectivity index (χ0) is 14.8. The zero-order valence-corrected chi connectivity index (χ0v) is 11.5. The lowest BCUT2D eigenvalue weighted by Gasteiger charge is -2.13. The monoisotopic (exact) mass is 282 g/mol. The number of nitrogens with zero attached hydrogens (tertiary/aromatic N) is 1. The van der Waals surface area contributed by atoms with Crippen LogP contribution in [-0.2, 0) is 0 Å². The molecular formula is C17H15FN2O. The van der Waals surface area contributed by atoms with E-state index in [-0.39, 0.29) is 5.56 Å². The number of benzene rings is 2. The van der Waals surface area contributed by atoms with E-state index >= 15 is 0 Å². The molecule has 2 aromatic carbocycles. The number of aromatic amines is 1. The van der Waals surface area contributed by atoms with Gasteiger partial charge in [0, 0.05) is 11.1 Å². The molecule has 1 unspecified atom stereocenters. The van der Waals surface area contributed by atoms with Crippen LogP contribution in [0.5, 0.6) is 0 Å². The van der Waals surface area contributed by atoms with Crippen LogP contribution in [0.2, 0.25) is 0 Å². The lowest BCUT2D eigenvalue weighted by molar-refractivity contribution is 0.215. The Morgan fingerprint density at radius 1 is 1.10 bits per heavy atom. The molecule has 2 N–H and O–H groups in total. The molecule has 0 aliphatic heterocycles. The van der Waals surface area contributed by atoms with Crippen LogP contribution < -0.4 is 0 Å². The van der Waals surface area contributed by atoms with Crippen LogP contribution in [0.25, 0.3) is 11.3 Å². The summed E-state index contributed by atoms with van der Waals surface area (Å²) in [4.78, 5) is 0. The molecule has 0 bridgehead atoms. The molecular weight excluding hydrogens is 267 g/mol. The van der Waals surface area contributed by atoms with Crippen molar-refractivity contribution in [1.82, 2.24) is 10.2 Å². The second kappa shape index (κ2) is 5.50. The van der Waals surface area contributed by atoms with Crippen LogP contribution in [0.3, 0.4) is 0 Å². The van der Waals surface area contributed by atoms with Gasteiger partial charge in [-0.25, -0.2) is 4.39 Å². The molecule has 0 spiro atoms. The number of aliphatic hydroxyl groups excluding tert-OH is 1. The van der Waals surface area contributed by atoms with E-state index in [9.17, 15) is 9.50 Å². The van der Waals surface area contributed by atoms with Crippen LogP contribution in [0, 0.1) is 12.7 Å². The largest absolute Gasteiger partial charge is 0.383 e. The van der Waals surface area contributed by atoms with Crippen molar-refractivity contribution in [1.29, 1.82) is 0 Å². The van der Waals surface area contributed by atoms with Gasteiger partial charge in [-0.1, -0.05) is 48.0 Å². The Hall–Kier alpha value is -2.46. The minimum absolute atomic E-state index is 0.258. The van der Waals surface area contributed by atoms with Gasteiger partial charge >= 0.3 is 0 Å². The lowest BCUT2D eigenvalue weighted by atomic mass is 9.97. The maximum absolute atomic E-state index is 14.0. The van der Waals surface area contributed by atoms with Crippen molar-refractivity contribution in [2.45, 2.75) is 13.0 Å². The summed E-state index contributed by atoms with van der Waals surface area (Å²) in [5, 5.41) is 17.4. The van der Waals surface area contributed by atoms with Crippen molar-refractivity contribution in [3.05, 3.63) is 77.2 Å². The maximum atomic E-state index is 14.0. The van der Waals surface area contributed by atoms with Gasteiger partial charge in [0.25, 0.3) is 0 Å². The van der Waals surface area contributed by atoms with E-state index in [4.69, 9.17) is 0 Å². The average molecular weight is 282 g/mol. The highest BCUT2D eigenvalue weighted by atomic mass is 19.1. The summed E-state index contributed by atoms with van der Waals surface area (Å²) in [5.41, 5.74) is 3.32. The maximum Gasteiger partial charge on any atom is 0.129 e. The van der Waals surface area contributed by atoms with Crippen LogP contribution in [0.15, 0.2) is 54.7 Å². The summed E-state index contributed by atoms with van der Waals surface area (Å²) in [6.45, 7) is 1.86. The Labute approximate surface area is 122 Å². The molecule has 106 valence electrons. The molecule has 1 aromatic heterocycles. The summed E-state index contributed by atoms with van der Waals surface area (Å²) >= 11 is 0. The van der Waals surface area contributed by atoms with Gasteiger partial charge < -0.3 is 5.11 Å². The highest BCUT2D eigenvalue weighted by Gasteiger charge is 2.20. The van der Waals surface area contributed by atoms with E-state index in [2.05, 4.69) is 10.2 Å². The number of rotatable bonds is 3. The van der Waals surface area contributed by atoms with Gasteiger partial charge in [-0.05, 0) is 18.6 Å². The highest BCUT2D eigenvalue weighted by molar-refractivity contribution is 5.63. The number of aliphatic hydroxyl groups is 1. The number of aryl methyl sites for hydroxylation is 1. The lowest BCUT2D eigenvalue weighted by Crippen LogP contribution is -2.03. The second-order valence-corrected chi connectivity index (χ2v) is 4.99. The van der Waals surface area contributed by atoms with Crippen molar-refractivity contribution in [2.75, 3.05) is 0 Å². The van der Waals surface area contributed by atoms with Crippen LogP contribution >= 0.6 is 0 Å². The van der Waals surface area contributed by atoms with E-state index in [1.807, 2.05) is 37.3 Å². The van der Waals surface area contributed by atoms with Crippen molar-refractivity contribution in [2.24, 2.45) is 0 Å². The number of halogens is 1. The van der Waals surface area contributed by atoms with Crippen molar-refractivity contribution in [3.8, 4) is 11.3 Å². The Morgan fingerprint density at radius 3 is 2.62 bits per heavy atom.